The Hall–Kier alpha value is -3.00. The van der Waals surface area contributed by atoms with Crippen molar-refractivity contribution in [3.8, 4) is 5.75 Å². The molecule has 0 saturated carbocycles. The molecule has 1 amide bonds. The first-order valence-corrected chi connectivity index (χ1v) is 9.30. The maximum absolute atomic E-state index is 12.4. The summed E-state index contributed by atoms with van der Waals surface area (Å²) in [5.41, 5.74) is 2.09. The van der Waals surface area contributed by atoms with Gasteiger partial charge in [0.1, 0.15) is 11.4 Å². The normalized spacial score (nSPS) is 11.3. The van der Waals surface area contributed by atoms with E-state index >= 15 is 0 Å². The van der Waals surface area contributed by atoms with E-state index in [4.69, 9.17) is 4.74 Å². The Balaban J connectivity index is 1.83. The number of sulfonamides is 1. The molecule has 0 bridgehead atoms. The van der Waals surface area contributed by atoms with Crippen molar-refractivity contribution in [2.45, 2.75) is 0 Å². The molecule has 0 saturated heterocycles. The number of benzene rings is 2. The van der Waals surface area contributed by atoms with Gasteiger partial charge in [0.05, 0.1) is 19.1 Å². The molecule has 0 radical (unpaired) electrons. The molecule has 0 fully saturated rings. The SMILES string of the molecule is COc1cc(NC(=O)c2cc3ccccc3[nH]2)ccc1NS(C)(=O)=O. The van der Waals surface area contributed by atoms with Crippen molar-refractivity contribution in [2.24, 2.45) is 0 Å². The first kappa shape index (κ1) is 16.8. The second-order valence-electron chi connectivity index (χ2n) is 5.51. The molecular weight excluding hydrogens is 342 g/mol. The van der Waals surface area contributed by atoms with Crippen molar-refractivity contribution < 1.29 is 17.9 Å². The third-order valence-electron chi connectivity index (χ3n) is 3.53. The number of para-hydroxylation sites is 1. The second kappa shape index (κ2) is 6.48. The Labute approximate surface area is 145 Å². The summed E-state index contributed by atoms with van der Waals surface area (Å²) in [4.78, 5) is 15.5. The van der Waals surface area contributed by atoms with Gasteiger partial charge in [-0.3, -0.25) is 9.52 Å². The summed E-state index contributed by atoms with van der Waals surface area (Å²) in [6.45, 7) is 0. The molecule has 1 aromatic heterocycles. The van der Waals surface area contributed by atoms with E-state index in [0.717, 1.165) is 17.2 Å². The first-order chi connectivity index (χ1) is 11.9. The molecule has 3 aromatic rings. The van der Waals surface area contributed by atoms with Crippen LogP contribution in [0.25, 0.3) is 10.9 Å². The lowest BCUT2D eigenvalue weighted by Gasteiger charge is -2.12. The number of ether oxygens (including phenoxy) is 1. The Bertz CT molecular complexity index is 1010. The van der Waals surface area contributed by atoms with Gasteiger partial charge in [0.25, 0.3) is 5.91 Å². The Kier molecular flexibility index (Phi) is 4.37. The monoisotopic (exact) mass is 359 g/mol. The highest BCUT2D eigenvalue weighted by atomic mass is 32.2. The van der Waals surface area contributed by atoms with Crippen LogP contribution in [0.15, 0.2) is 48.5 Å². The zero-order valence-electron chi connectivity index (χ0n) is 13.7. The predicted molar refractivity (Wildman–Crippen MR) is 97.7 cm³/mol. The minimum atomic E-state index is -3.43. The van der Waals surface area contributed by atoms with Gasteiger partial charge >= 0.3 is 0 Å². The molecule has 25 heavy (non-hydrogen) atoms. The van der Waals surface area contributed by atoms with Gasteiger partial charge in [-0.1, -0.05) is 18.2 Å². The fraction of sp³-hybridized carbons (Fsp3) is 0.118. The van der Waals surface area contributed by atoms with E-state index in [1.807, 2.05) is 24.3 Å². The van der Waals surface area contributed by atoms with Crippen LogP contribution in [0.3, 0.4) is 0 Å². The largest absolute Gasteiger partial charge is 0.494 e. The quantitative estimate of drug-likeness (QED) is 0.652. The molecular formula is C17H17N3O4S. The standard InChI is InChI=1S/C17H17N3O4S/c1-24-16-10-12(7-8-14(16)20-25(2,22)23)18-17(21)15-9-11-5-3-4-6-13(11)19-15/h3-10,19-20H,1-2H3,(H,18,21). The number of aromatic amines is 1. The molecule has 3 rings (SSSR count). The predicted octanol–water partition coefficient (Wildman–Crippen LogP) is 2.80. The number of rotatable bonds is 5. The van der Waals surface area contributed by atoms with E-state index < -0.39 is 10.0 Å². The van der Waals surface area contributed by atoms with Gasteiger partial charge in [0, 0.05) is 22.7 Å². The lowest BCUT2D eigenvalue weighted by molar-refractivity contribution is 0.102. The molecule has 0 spiro atoms. The lowest BCUT2D eigenvalue weighted by atomic mass is 10.2. The van der Waals surface area contributed by atoms with Gasteiger partial charge in [-0.2, -0.15) is 0 Å². The Morgan fingerprint density at radius 1 is 1.12 bits per heavy atom. The van der Waals surface area contributed by atoms with E-state index in [2.05, 4.69) is 15.0 Å². The zero-order chi connectivity index (χ0) is 18.0. The number of carbonyl (C=O) groups is 1. The lowest BCUT2D eigenvalue weighted by Crippen LogP contribution is -2.13. The summed E-state index contributed by atoms with van der Waals surface area (Å²) in [7, 11) is -2.00. The number of carbonyl (C=O) groups excluding carboxylic acids is 1. The van der Waals surface area contributed by atoms with Crippen molar-refractivity contribution in [3.63, 3.8) is 0 Å². The van der Waals surface area contributed by atoms with Crippen LogP contribution >= 0.6 is 0 Å². The number of nitrogens with one attached hydrogen (secondary N) is 3. The third kappa shape index (κ3) is 3.92. The van der Waals surface area contributed by atoms with Crippen LogP contribution in [-0.4, -0.2) is 32.7 Å². The maximum Gasteiger partial charge on any atom is 0.272 e. The van der Waals surface area contributed by atoms with Crippen molar-refractivity contribution in [3.05, 3.63) is 54.2 Å². The van der Waals surface area contributed by atoms with Gasteiger partial charge in [-0.25, -0.2) is 8.42 Å². The van der Waals surface area contributed by atoms with E-state index in [0.29, 0.717) is 22.8 Å². The molecule has 7 nitrogen and oxygen atoms in total. The topological polar surface area (TPSA) is 100 Å². The molecule has 2 aromatic carbocycles. The Morgan fingerprint density at radius 2 is 1.88 bits per heavy atom. The van der Waals surface area contributed by atoms with Crippen molar-refractivity contribution >= 4 is 38.2 Å². The van der Waals surface area contributed by atoms with E-state index in [1.54, 1.807) is 18.2 Å². The van der Waals surface area contributed by atoms with Crippen LogP contribution in [-0.2, 0) is 10.0 Å². The second-order valence-corrected chi connectivity index (χ2v) is 7.26. The molecule has 1 heterocycles. The van der Waals surface area contributed by atoms with Crippen LogP contribution in [0, 0.1) is 0 Å². The highest BCUT2D eigenvalue weighted by Crippen LogP contribution is 2.29. The number of methoxy groups -OCH3 is 1. The van der Waals surface area contributed by atoms with Crippen molar-refractivity contribution in [1.82, 2.24) is 4.98 Å². The summed E-state index contributed by atoms with van der Waals surface area (Å²) >= 11 is 0. The number of hydrogen-bond donors (Lipinski definition) is 3. The highest BCUT2D eigenvalue weighted by Gasteiger charge is 2.13. The molecule has 0 unspecified atom stereocenters. The van der Waals surface area contributed by atoms with Gasteiger partial charge in [-0.15, -0.1) is 0 Å². The molecule has 0 atom stereocenters. The summed E-state index contributed by atoms with van der Waals surface area (Å²) < 4.78 is 30.3. The van der Waals surface area contributed by atoms with E-state index in [1.165, 1.54) is 13.2 Å². The van der Waals surface area contributed by atoms with Gasteiger partial charge < -0.3 is 15.0 Å². The molecule has 130 valence electrons. The fourth-order valence-corrected chi connectivity index (χ4v) is 3.02. The minimum Gasteiger partial charge on any atom is -0.494 e. The van der Waals surface area contributed by atoms with Gasteiger partial charge in [0.15, 0.2) is 0 Å². The molecule has 0 aliphatic rings. The number of H-pyrrole nitrogens is 1. The number of aromatic nitrogens is 1. The van der Waals surface area contributed by atoms with Crippen molar-refractivity contribution in [1.29, 1.82) is 0 Å². The summed E-state index contributed by atoms with van der Waals surface area (Å²) in [6, 6.07) is 14.0. The van der Waals surface area contributed by atoms with Gasteiger partial charge in [0.2, 0.25) is 10.0 Å². The molecule has 0 aliphatic heterocycles. The average Bonchev–Trinajstić information content (AvgIpc) is 2.99. The fourth-order valence-electron chi connectivity index (χ4n) is 2.45. The highest BCUT2D eigenvalue weighted by molar-refractivity contribution is 7.92. The van der Waals surface area contributed by atoms with Crippen LogP contribution in [0.2, 0.25) is 0 Å². The molecule has 0 aliphatic carbocycles. The summed E-state index contributed by atoms with van der Waals surface area (Å²) in [5, 5.41) is 3.70. The molecule has 8 heteroatoms. The first-order valence-electron chi connectivity index (χ1n) is 7.40. The number of amides is 1. The van der Waals surface area contributed by atoms with Gasteiger partial charge in [-0.05, 0) is 24.3 Å². The average molecular weight is 359 g/mol. The van der Waals surface area contributed by atoms with Crippen LogP contribution in [0.4, 0.5) is 11.4 Å². The number of hydrogen-bond acceptors (Lipinski definition) is 4. The zero-order valence-corrected chi connectivity index (χ0v) is 14.5. The number of fused-ring (bicyclic) bond motifs is 1. The minimum absolute atomic E-state index is 0.300. The van der Waals surface area contributed by atoms with E-state index in [9.17, 15) is 13.2 Å². The van der Waals surface area contributed by atoms with Crippen LogP contribution in [0.5, 0.6) is 5.75 Å². The third-order valence-corrected chi connectivity index (χ3v) is 4.12. The van der Waals surface area contributed by atoms with E-state index in [-0.39, 0.29) is 5.91 Å². The smallest absolute Gasteiger partial charge is 0.272 e. The number of anilines is 2. The van der Waals surface area contributed by atoms with Crippen LogP contribution in [0.1, 0.15) is 10.5 Å². The summed E-state index contributed by atoms with van der Waals surface area (Å²) in [6.07, 6.45) is 1.05. The Morgan fingerprint density at radius 3 is 2.56 bits per heavy atom. The van der Waals surface area contributed by atoms with Crippen LogP contribution < -0.4 is 14.8 Å². The molecule has 3 N–H and O–H groups in total. The summed E-state index contributed by atoms with van der Waals surface area (Å²) in [5.74, 6) is 0.00180. The maximum atomic E-state index is 12.4. The van der Waals surface area contributed by atoms with Crippen molar-refractivity contribution in [2.75, 3.05) is 23.4 Å².